The lowest BCUT2D eigenvalue weighted by Crippen LogP contribution is -2.26. The van der Waals surface area contributed by atoms with Gasteiger partial charge in [0.2, 0.25) is 10.0 Å². The molecule has 146 valence electrons. The average molecular weight is 469 g/mol. The second-order valence-corrected chi connectivity index (χ2v) is 9.43. The summed E-state index contributed by atoms with van der Waals surface area (Å²) in [5.41, 5.74) is 0.994. The number of carbonyl (C=O) groups is 1. The Morgan fingerprint density at radius 3 is 2.44 bits per heavy atom. The highest BCUT2D eigenvalue weighted by Crippen LogP contribution is 2.25. The van der Waals surface area contributed by atoms with E-state index in [1.165, 1.54) is 25.3 Å². The maximum atomic E-state index is 12.4. The van der Waals surface area contributed by atoms with Crippen LogP contribution in [-0.2, 0) is 20.5 Å². The molecule has 2 rings (SSSR count). The predicted molar refractivity (Wildman–Crippen MR) is 111 cm³/mol. The topological polar surface area (TPSA) is 72.5 Å². The molecule has 1 N–H and O–H groups in total. The summed E-state index contributed by atoms with van der Waals surface area (Å²) in [4.78, 5) is 11.6. The molecule has 0 amide bonds. The van der Waals surface area contributed by atoms with E-state index < -0.39 is 16.0 Å². The largest absolute Gasteiger partial charge is 0.465 e. The second kappa shape index (κ2) is 10.0. The van der Waals surface area contributed by atoms with E-state index in [1.54, 1.807) is 23.9 Å². The van der Waals surface area contributed by atoms with Crippen LogP contribution in [0.2, 0.25) is 15.1 Å². The smallest absolute Gasteiger partial charge is 0.339 e. The van der Waals surface area contributed by atoms with Crippen molar-refractivity contribution in [2.24, 2.45) is 0 Å². The number of benzene rings is 2. The molecular formula is C17H16Cl3NO4S2. The summed E-state index contributed by atoms with van der Waals surface area (Å²) in [6.07, 6.45) is 0. The summed E-state index contributed by atoms with van der Waals surface area (Å²) >= 11 is 19.3. The van der Waals surface area contributed by atoms with Gasteiger partial charge in [0.05, 0.1) is 32.6 Å². The monoisotopic (exact) mass is 467 g/mol. The van der Waals surface area contributed by atoms with Crippen molar-refractivity contribution in [3.8, 4) is 0 Å². The molecule has 0 heterocycles. The number of thioether (sulfide) groups is 1. The van der Waals surface area contributed by atoms with E-state index in [0.717, 1.165) is 5.56 Å². The first-order valence-electron chi connectivity index (χ1n) is 7.64. The molecular weight excluding hydrogens is 453 g/mol. The minimum atomic E-state index is -3.77. The van der Waals surface area contributed by atoms with E-state index in [-0.39, 0.29) is 22.0 Å². The fourth-order valence-electron chi connectivity index (χ4n) is 2.09. The Bertz CT molecular complexity index is 936. The van der Waals surface area contributed by atoms with Crippen molar-refractivity contribution in [1.82, 2.24) is 4.72 Å². The van der Waals surface area contributed by atoms with Gasteiger partial charge in [0.15, 0.2) is 0 Å². The van der Waals surface area contributed by atoms with Gasteiger partial charge in [-0.25, -0.2) is 17.9 Å². The van der Waals surface area contributed by atoms with Gasteiger partial charge < -0.3 is 4.74 Å². The molecule has 0 unspecified atom stereocenters. The molecule has 5 nitrogen and oxygen atoms in total. The Balaban J connectivity index is 1.91. The SMILES string of the molecule is COC(=O)c1cc(S(=O)(=O)NCCSCc2ccc(Cl)c(Cl)c2)ccc1Cl. The van der Waals surface area contributed by atoms with E-state index in [9.17, 15) is 13.2 Å². The molecule has 0 saturated heterocycles. The molecule has 0 aliphatic carbocycles. The third kappa shape index (κ3) is 6.27. The number of sulfonamides is 1. The van der Waals surface area contributed by atoms with Crippen molar-refractivity contribution in [2.75, 3.05) is 19.4 Å². The number of nitrogens with one attached hydrogen (secondary N) is 1. The molecule has 10 heteroatoms. The Hall–Kier alpha value is -0.960. The van der Waals surface area contributed by atoms with Crippen LogP contribution in [0.3, 0.4) is 0 Å². The van der Waals surface area contributed by atoms with E-state index in [1.807, 2.05) is 6.07 Å². The van der Waals surface area contributed by atoms with Crippen LogP contribution < -0.4 is 4.72 Å². The van der Waals surface area contributed by atoms with Gasteiger partial charge >= 0.3 is 5.97 Å². The Labute approximate surface area is 177 Å². The summed E-state index contributed by atoms with van der Waals surface area (Å²) in [7, 11) is -2.57. The molecule has 0 fully saturated rings. The Morgan fingerprint density at radius 1 is 1.07 bits per heavy atom. The number of halogens is 3. The fraction of sp³-hybridized carbons (Fsp3) is 0.235. The van der Waals surface area contributed by atoms with Gasteiger partial charge in [0.25, 0.3) is 0 Å². The minimum Gasteiger partial charge on any atom is -0.465 e. The van der Waals surface area contributed by atoms with E-state index in [0.29, 0.717) is 21.6 Å². The number of methoxy groups -OCH3 is 1. The van der Waals surface area contributed by atoms with Crippen LogP contribution in [0.1, 0.15) is 15.9 Å². The number of hydrogen-bond acceptors (Lipinski definition) is 5. The summed E-state index contributed by atoms with van der Waals surface area (Å²) in [5, 5.41) is 1.10. The van der Waals surface area contributed by atoms with Crippen LogP contribution in [0.4, 0.5) is 0 Å². The van der Waals surface area contributed by atoms with E-state index >= 15 is 0 Å². The fourth-order valence-corrected chi connectivity index (χ4v) is 4.60. The highest BCUT2D eigenvalue weighted by molar-refractivity contribution is 7.98. The number of esters is 1. The minimum absolute atomic E-state index is 0.00367. The maximum Gasteiger partial charge on any atom is 0.339 e. The van der Waals surface area contributed by atoms with Gasteiger partial charge in [-0.3, -0.25) is 0 Å². The van der Waals surface area contributed by atoms with E-state index in [4.69, 9.17) is 34.8 Å². The summed E-state index contributed by atoms with van der Waals surface area (Å²) in [6, 6.07) is 9.25. The highest BCUT2D eigenvalue weighted by atomic mass is 35.5. The number of rotatable bonds is 8. The molecule has 2 aromatic rings. The first kappa shape index (κ1) is 22.3. The molecule has 0 spiro atoms. The van der Waals surface area contributed by atoms with E-state index in [2.05, 4.69) is 9.46 Å². The lowest BCUT2D eigenvalue weighted by molar-refractivity contribution is 0.0600. The zero-order valence-electron chi connectivity index (χ0n) is 14.2. The number of ether oxygens (including phenoxy) is 1. The summed E-state index contributed by atoms with van der Waals surface area (Å²) in [5.74, 6) is 0.525. The Morgan fingerprint density at radius 2 is 1.78 bits per heavy atom. The van der Waals surface area contributed by atoms with Crippen LogP contribution in [0.25, 0.3) is 0 Å². The Kier molecular flexibility index (Phi) is 8.27. The molecule has 27 heavy (non-hydrogen) atoms. The van der Waals surface area contributed by atoms with Crippen LogP contribution in [0, 0.1) is 0 Å². The molecule has 0 saturated carbocycles. The standard InChI is InChI=1S/C17H16Cl3NO4S2/c1-25-17(22)13-9-12(3-5-14(13)18)27(23,24)21-6-7-26-10-11-2-4-15(19)16(20)8-11/h2-5,8-9,21H,6-7,10H2,1H3. The zero-order valence-corrected chi connectivity index (χ0v) is 18.1. The van der Waals surface area contributed by atoms with Gasteiger partial charge in [0.1, 0.15) is 0 Å². The van der Waals surface area contributed by atoms with Gasteiger partial charge in [-0.05, 0) is 35.9 Å². The first-order valence-corrected chi connectivity index (χ1v) is 11.4. The maximum absolute atomic E-state index is 12.4. The predicted octanol–water partition coefficient (Wildman–Crippen LogP) is 4.65. The van der Waals surface area contributed by atoms with Crippen LogP contribution >= 0.6 is 46.6 Å². The van der Waals surface area contributed by atoms with Crippen LogP contribution in [0.5, 0.6) is 0 Å². The average Bonchev–Trinajstić information content (AvgIpc) is 2.63. The molecule has 0 aliphatic heterocycles. The van der Waals surface area contributed by atoms with Gasteiger partial charge in [-0.15, -0.1) is 0 Å². The molecule has 2 aromatic carbocycles. The molecule has 0 bridgehead atoms. The molecule has 0 aromatic heterocycles. The third-order valence-electron chi connectivity index (χ3n) is 3.44. The summed E-state index contributed by atoms with van der Waals surface area (Å²) in [6.45, 7) is 0.227. The second-order valence-electron chi connectivity index (χ2n) is 5.33. The van der Waals surface area contributed by atoms with Crippen molar-refractivity contribution in [3.05, 3.63) is 62.6 Å². The van der Waals surface area contributed by atoms with Crippen molar-refractivity contribution < 1.29 is 17.9 Å². The van der Waals surface area contributed by atoms with Crippen molar-refractivity contribution in [2.45, 2.75) is 10.6 Å². The lowest BCUT2D eigenvalue weighted by atomic mass is 10.2. The third-order valence-corrected chi connectivity index (χ3v) is 7.00. The quantitative estimate of drug-likeness (QED) is 0.451. The van der Waals surface area contributed by atoms with Gasteiger partial charge in [-0.1, -0.05) is 40.9 Å². The van der Waals surface area contributed by atoms with Gasteiger partial charge in [0, 0.05) is 18.1 Å². The number of hydrogen-bond donors (Lipinski definition) is 1. The van der Waals surface area contributed by atoms with Crippen molar-refractivity contribution >= 4 is 62.6 Å². The van der Waals surface area contributed by atoms with Crippen molar-refractivity contribution in [1.29, 1.82) is 0 Å². The molecule has 0 atom stereocenters. The normalized spacial score (nSPS) is 11.4. The first-order chi connectivity index (χ1) is 12.7. The molecule has 0 radical (unpaired) electrons. The lowest BCUT2D eigenvalue weighted by Gasteiger charge is -2.09. The highest BCUT2D eigenvalue weighted by Gasteiger charge is 2.18. The number of carbonyl (C=O) groups excluding carboxylic acids is 1. The van der Waals surface area contributed by atoms with Crippen molar-refractivity contribution in [3.63, 3.8) is 0 Å². The van der Waals surface area contributed by atoms with Crippen LogP contribution in [0.15, 0.2) is 41.3 Å². The zero-order chi connectivity index (χ0) is 20.0. The molecule has 0 aliphatic rings. The summed E-state index contributed by atoms with van der Waals surface area (Å²) < 4.78 is 31.8. The van der Waals surface area contributed by atoms with Gasteiger partial charge in [-0.2, -0.15) is 11.8 Å². The van der Waals surface area contributed by atoms with Crippen LogP contribution in [-0.4, -0.2) is 33.8 Å².